The Morgan fingerprint density at radius 3 is 2.75 bits per heavy atom. The first kappa shape index (κ1) is 12.7. The summed E-state index contributed by atoms with van der Waals surface area (Å²) in [6.07, 6.45) is 1.55. The minimum absolute atomic E-state index is 0.0620. The Morgan fingerprint density at radius 2 is 1.90 bits per heavy atom. The van der Waals surface area contributed by atoms with Crippen molar-refractivity contribution in [1.82, 2.24) is 4.98 Å². The first-order valence-corrected chi connectivity index (χ1v) is 6.39. The molecule has 0 unspecified atom stereocenters. The Labute approximate surface area is 120 Å². The van der Waals surface area contributed by atoms with E-state index < -0.39 is 5.82 Å². The molecule has 3 N–H and O–H groups in total. The largest absolute Gasteiger partial charge is 0.396 e. The van der Waals surface area contributed by atoms with Crippen molar-refractivity contribution in [3.8, 4) is 0 Å². The van der Waals surface area contributed by atoms with E-state index in [1.54, 1.807) is 18.3 Å². The molecular formula is C15H11ClFN3. The normalized spacial score (nSPS) is 10.7. The molecule has 3 aromatic rings. The van der Waals surface area contributed by atoms with Crippen molar-refractivity contribution >= 4 is 39.6 Å². The summed E-state index contributed by atoms with van der Waals surface area (Å²) in [5.74, 6) is -0.505. The van der Waals surface area contributed by atoms with Crippen LogP contribution in [-0.2, 0) is 0 Å². The van der Waals surface area contributed by atoms with Gasteiger partial charge >= 0.3 is 0 Å². The second kappa shape index (κ2) is 4.98. The van der Waals surface area contributed by atoms with Gasteiger partial charge in [0.1, 0.15) is 0 Å². The molecule has 1 heterocycles. The van der Waals surface area contributed by atoms with Gasteiger partial charge in [-0.25, -0.2) is 4.39 Å². The van der Waals surface area contributed by atoms with Gasteiger partial charge in [0.25, 0.3) is 0 Å². The molecule has 0 atom stereocenters. The zero-order valence-corrected chi connectivity index (χ0v) is 11.2. The van der Waals surface area contributed by atoms with Crippen molar-refractivity contribution in [2.45, 2.75) is 0 Å². The highest BCUT2D eigenvalue weighted by atomic mass is 35.5. The van der Waals surface area contributed by atoms with E-state index in [4.69, 9.17) is 17.3 Å². The molecule has 3 nitrogen and oxygen atoms in total. The highest BCUT2D eigenvalue weighted by Crippen LogP contribution is 2.32. The molecule has 0 fully saturated rings. The van der Waals surface area contributed by atoms with Crippen LogP contribution in [0.25, 0.3) is 10.9 Å². The third-order valence-electron chi connectivity index (χ3n) is 3.02. The van der Waals surface area contributed by atoms with Gasteiger partial charge < -0.3 is 11.1 Å². The lowest BCUT2D eigenvalue weighted by molar-refractivity contribution is 0.632. The average Bonchev–Trinajstić information content (AvgIpc) is 2.46. The summed E-state index contributed by atoms with van der Waals surface area (Å²) in [6.45, 7) is 0. The van der Waals surface area contributed by atoms with Gasteiger partial charge in [0.05, 0.1) is 33.8 Å². The number of anilines is 3. The maximum Gasteiger partial charge on any atom is 0.165 e. The molecule has 0 saturated carbocycles. The summed E-state index contributed by atoms with van der Waals surface area (Å²) in [5.41, 5.74) is 8.07. The predicted octanol–water partition coefficient (Wildman–Crippen LogP) is 4.35. The number of aromatic nitrogens is 1. The first-order valence-electron chi connectivity index (χ1n) is 6.01. The number of hydrogen-bond acceptors (Lipinski definition) is 3. The van der Waals surface area contributed by atoms with Crippen LogP contribution in [0.1, 0.15) is 0 Å². The van der Waals surface area contributed by atoms with E-state index in [1.165, 1.54) is 6.07 Å². The van der Waals surface area contributed by atoms with Crippen LogP contribution in [0.2, 0.25) is 5.02 Å². The van der Waals surface area contributed by atoms with Crippen LogP contribution in [0.3, 0.4) is 0 Å². The van der Waals surface area contributed by atoms with Crippen LogP contribution < -0.4 is 11.1 Å². The smallest absolute Gasteiger partial charge is 0.165 e. The van der Waals surface area contributed by atoms with Crippen LogP contribution in [-0.4, -0.2) is 4.98 Å². The number of halogens is 2. The summed E-state index contributed by atoms with van der Waals surface area (Å²) in [6, 6.07) is 12.3. The zero-order valence-electron chi connectivity index (χ0n) is 10.4. The third kappa shape index (κ3) is 2.14. The van der Waals surface area contributed by atoms with Crippen LogP contribution in [0.4, 0.5) is 21.5 Å². The van der Waals surface area contributed by atoms with Crippen molar-refractivity contribution in [2.24, 2.45) is 0 Å². The molecule has 20 heavy (non-hydrogen) atoms. The minimum atomic E-state index is -0.505. The molecule has 3 rings (SSSR count). The summed E-state index contributed by atoms with van der Waals surface area (Å²) in [4.78, 5) is 4.24. The van der Waals surface area contributed by atoms with E-state index in [0.717, 1.165) is 10.9 Å². The molecule has 0 saturated heterocycles. The van der Waals surface area contributed by atoms with Gasteiger partial charge in [0, 0.05) is 5.39 Å². The molecule has 0 aliphatic rings. The molecule has 0 amide bonds. The number of fused-ring (bicyclic) bond motifs is 1. The lowest BCUT2D eigenvalue weighted by Gasteiger charge is -2.13. The molecule has 1 aromatic heterocycles. The van der Waals surface area contributed by atoms with Gasteiger partial charge in [-0.2, -0.15) is 0 Å². The number of hydrogen-bond donors (Lipinski definition) is 2. The summed E-state index contributed by atoms with van der Waals surface area (Å²) in [7, 11) is 0. The lowest BCUT2D eigenvalue weighted by Crippen LogP contribution is -2.00. The Kier molecular flexibility index (Phi) is 3.16. The van der Waals surface area contributed by atoms with Crippen molar-refractivity contribution in [2.75, 3.05) is 11.1 Å². The van der Waals surface area contributed by atoms with E-state index in [1.807, 2.05) is 24.3 Å². The van der Waals surface area contributed by atoms with Gasteiger partial charge in [0.15, 0.2) is 5.82 Å². The van der Waals surface area contributed by atoms with E-state index in [-0.39, 0.29) is 10.7 Å². The van der Waals surface area contributed by atoms with Gasteiger partial charge in [-0.3, -0.25) is 4.98 Å². The van der Waals surface area contributed by atoms with Gasteiger partial charge in [-0.1, -0.05) is 35.9 Å². The fourth-order valence-corrected chi connectivity index (χ4v) is 2.21. The summed E-state index contributed by atoms with van der Waals surface area (Å²) >= 11 is 5.78. The Balaban J connectivity index is 2.15. The highest BCUT2D eigenvalue weighted by Gasteiger charge is 2.11. The third-order valence-corrected chi connectivity index (χ3v) is 3.31. The molecule has 0 aliphatic carbocycles. The average molecular weight is 288 g/mol. The second-order valence-corrected chi connectivity index (χ2v) is 4.74. The Bertz CT molecular complexity index is 789. The topological polar surface area (TPSA) is 50.9 Å². The summed E-state index contributed by atoms with van der Waals surface area (Å²) in [5, 5.41) is 3.89. The van der Waals surface area contributed by atoms with Crippen LogP contribution >= 0.6 is 11.6 Å². The van der Waals surface area contributed by atoms with E-state index >= 15 is 0 Å². The molecule has 0 spiro atoms. The first-order chi connectivity index (χ1) is 9.66. The van der Waals surface area contributed by atoms with E-state index in [9.17, 15) is 4.39 Å². The number of benzene rings is 2. The van der Waals surface area contributed by atoms with Crippen molar-refractivity contribution in [1.29, 1.82) is 0 Å². The monoisotopic (exact) mass is 287 g/mol. The van der Waals surface area contributed by atoms with Gasteiger partial charge in [-0.15, -0.1) is 0 Å². The fraction of sp³-hybridized carbons (Fsp3) is 0. The van der Waals surface area contributed by atoms with Crippen LogP contribution in [0.15, 0.2) is 48.7 Å². The van der Waals surface area contributed by atoms with Crippen molar-refractivity contribution in [3.63, 3.8) is 0 Å². The number of para-hydroxylation sites is 1. The fourth-order valence-electron chi connectivity index (χ4n) is 2.03. The molecule has 0 aliphatic heterocycles. The Morgan fingerprint density at radius 1 is 1.10 bits per heavy atom. The standard InChI is InChI=1S/C15H11ClFN3/c16-10-5-3-7-13(14(10)17)20-15-9-4-1-2-6-12(9)19-8-11(15)18/h1-8H,18H2,(H,19,20). The van der Waals surface area contributed by atoms with Crippen LogP contribution in [0.5, 0.6) is 0 Å². The maximum atomic E-state index is 14.0. The maximum absolute atomic E-state index is 14.0. The number of rotatable bonds is 2. The Hall–Kier alpha value is -2.33. The molecule has 2 aromatic carbocycles. The zero-order chi connectivity index (χ0) is 14.1. The number of nitrogens with zero attached hydrogens (tertiary/aromatic N) is 1. The van der Waals surface area contributed by atoms with Gasteiger partial charge in [-0.05, 0) is 18.2 Å². The van der Waals surface area contributed by atoms with Crippen LogP contribution in [0, 0.1) is 5.82 Å². The quantitative estimate of drug-likeness (QED) is 0.736. The number of nitrogens with one attached hydrogen (secondary N) is 1. The summed E-state index contributed by atoms with van der Waals surface area (Å²) < 4.78 is 14.0. The molecule has 5 heteroatoms. The number of nitrogens with two attached hydrogens (primary N) is 1. The van der Waals surface area contributed by atoms with Crippen molar-refractivity contribution in [3.05, 3.63) is 59.5 Å². The predicted molar refractivity (Wildman–Crippen MR) is 80.8 cm³/mol. The number of pyridine rings is 1. The molecule has 100 valence electrons. The highest BCUT2D eigenvalue weighted by molar-refractivity contribution is 6.31. The van der Waals surface area contributed by atoms with E-state index in [0.29, 0.717) is 11.4 Å². The SMILES string of the molecule is Nc1cnc2ccccc2c1Nc1cccc(Cl)c1F. The molecular weight excluding hydrogens is 277 g/mol. The number of nitrogen functional groups attached to an aromatic ring is 1. The van der Waals surface area contributed by atoms with Gasteiger partial charge in [0.2, 0.25) is 0 Å². The van der Waals surface area contributed by atoms with E-state index in [2.05, 4.69) is 10.3 Å². The molecule has 0 bridgehead atoms. The van der Waals surface area contributed by atoms with Crippen molar-refractivity contribution < 1.29 is 4.39 Å². The lowest BCUT2D eigenvalue weighted by atomic mass is 10.1. The minimum Gasteiger partial charge on any atom is -0.396 e. The molecule has 0 radical (unpaired) electrons. The second-order valence-electron chi connectivity index (χ2n) is 4.33.